The normalized spacial score (nSPS) is 18.1. The van der Waals surface area contributed by atoms with E-state index in [1.54, 1.807) is 0 Å². The van der Waals surface area contributed by atoms with Crippen LogP contribution in [0.1, 0.15) is 11.3 Å². The van der Waals surface area contributed by atoms with E-state index in [2.05, 4.69) is 9.88 Å². The van der Waals surface area contributed by atoms with Gasteiger partial charge in [0.15, 0.2) is 0 Å². The highest BCUT2D eigenvalue weighted by molar-refractivity contribution is 6.58. The Morgan fingerprint density at radius 2 is 1.82 bits per heavy atom. The molecule has 1 N–H and O–H groups in total. The van der Waals surface area contributed by atoms with Gasteiger partial charge in [-0.25, -0.2) is 0 Å². The van der Waals surface area contributed by atoms with Crippen molar-refractivity contribution in [2.24, 2.45) is 0 Å². The highest BCUT2D eigenvalue weighted by Gasteiger charge is 2.32. The van der Waals surface area contributed by atoms with Gasteiger partial charge >= 0.3 is 0 Å². The van der Waals surface area contributed by atoms with Gasteiger partial charge in [0.05, 0.1) is 22.8 Å². The van der Waals surface area contributed by atoms with Gasteiger partial charge in [-0.1, -0.05) is 16.1 Å². The molecule has 3 rings (SSSR count). The van der Waals surface area contributed by atoms with Crippen molar-refractivity contribution in [1.82, 2.24) is 9.88 Å². The van der Waals surface area contributed by atoms with Crippen molar-refractivity contribution in [3.63, 3.8) is 0 Å². The zero-order chi connectivity index (χ0) is 16.2. The Labute approximate surface area is 137 Å². The quantitative estimate of drug-likeness (QED) is 0.586. The lowest BCUT2D eigenvalue weighted by Gasteiger charge is -2.30. The van der Waals surface area contributed by atoms with E-state index in [9.17, 15) is 0 Å². The number of aromatic nitrogens is 1. The molecular weight excluding hydrogens is 266 g/mol. The number of ether oxygens (including phenoxy) is 1. The lowest BCUT2D eigenvalue weighted by Crippen LogP contribution is -2.41. The van der Waals surface area contributed by atoms with Crippen LogP contribution in [0.4, 0.5) is 0 Å². The predicted molar refractivity (Wildman–Crippen MR) is 95.4 cm³/mol. The molecule has 100 valence electrons. The fraction of sp³-hybridized carbons (Fsp3) is 0.429. The number of nitrogens with zero attached hydrogens (tertiary/aromatic N) is 1. The van der Waals surface area contributed by atoms with Gasteiger partial charge in [0.1, 0.15) is 29.3 Å². The van der Waals surface area contributed by atoms with E-state index in [1.165, 1.54) is 7.11 Å². The van der Waals surface area contributed by atoms with Crippen LogP contribution in [-0.4, -0.2) is 76.4 Å². The minimum Gasteiger partial charge on any atom is -0.498 e. The molecule has 0 atom stereocenters. The van der Waals surface area contributed by atoms with Crippen molar-refractivity contribution in [2.45, 2.75) is 11.6 Å². The molecule has 3 nitrogen and oxygen atoms in total. The summed E-state index contributed by atoms with van der Waals surface area (Å²) in [6.45, 7) is 1.35. The molecule has 0 aliphatic carbocycles. The Balaban J connectivity index is 2.41. The first kappa shape index (κ1) is 15.7. The van der Waals surface area contributed by atoms with Crippen molar-refractivity contribution >= 4 is 66.5 Å². The number of hydrogen-bond acceptors (Lipinski definition) is 2. The molecule has 2 aromatic rings. The monoisotopic (exact) mass is 280 g/mol. The van der Waals surface area contributed by atoms with Gasteiger partial charge < -0.3 is 14.6 Å². The van der Waals surface area contributed by atoms with Crippen LogP contribution in [0.3, 0.4) is 0 Å². The summed E-state index contributed by atoms with van der Waals surface area (Å²) >= 11 is 0. The number of nitrogens with one attached hydrogen (secondary N) is 1. The summed E-state index contributed by atoms with van der Waals surface area (Å²) in [5.41, 5.74) is 3.52. The molecule has 0 saturated carbocycles. The molecule has 0 fully saturated rings. The summed E-state index contributed by atoms with van der Waals surface area (Å²) in [5.74, 6) is 0.373. The van der Waals surface area contributed by atoms with E-state index in [4.69, 9.17) is 44.0 Å². The smallest absolute Gasteiger partial charge is 0.121 e. The first-order chi connectivity index (χ1) is 10.3. The van der Waals surface area contributed by atoms with Crippen molar-refractivity contribution < 1.29 is 4.74 Å². The Kier molecular flexibility index (Phi) is 3.71. The van der Waals surface area contributed by atoms with E-state index in [0.717, 1.165) is 24.2 Å². The Morgan fingerprint density at radius 1 is 1.14 bits per heavy atom. The van der Waals surface area contributed by atoms with E-state index in [1.807, 2.05) is 7.05 Å². The second-order valence-electron chi connectivity index (χ2n) is 6.03. The van der Waals surface area contributed by atoms with Crippen LogP contribution in [0.5, 0.6) is 5.75 Å². The van der Waals surface area contributed by atoms with Gasteiger partial charge in [-0.2, -0.15) is 0 Å². The average molecular weight is 279 g/mol. The van der Waals surface area contributed by atoms with Crippen molar-refractivity contribution in [3.8, 4) is 5.75 Å². The number of rotatable bonds is 1. The van der Waals surface area contributed by atoms with E-state index in [0.29, 0.717) is 39.6 Å². The lowest BCUT2D eigenvalue weighted by molar-refractivity contribution is 0.337. The van der Waals surface area contributed by atoms with Crippen molar-refractivity contribution in [2.75, 3.05) is 27.2 Å². The summed E-state index contributed by atoms with van der Waals surface area (Å²) in [6, 6.07) is 0. The Morgan fingerprint density at radius 3 is 2.45 bits per heavy atom. The topological polar surface area (TPSA) is 28.3 Å². The molecule has 0 bridgehead atoms. The molecule has 22 heavy (non-hydrogen) atoms. The molecular formula is C14H13B5N2O. The number of hydrogen-bond donors (Lipinski definition) is 1. The minimum absolute atomic E-state index is 0.308. The zero-order valence-electron chi connectivity index (χ0n) is 12.9. The third-order valence-electron chi connectivity index (χ3n) is 4.34. The van der Waals surface area contributed by atoms with Gasteiger partial charge in [0, 0.05) is 24.2 Å². The average Bonchev–Trinajstić information content (AvgIpc) is 2.79. The first-order valence-electron chi connectivity index (χ1n) is 7.09. The fourth-order valence-corrected chi connectivity index (χ4v) is 3.37. The van der Waals surface area contributed by atoms with Crippen molar-refractivity contribution in [3.05, 3.63) is 11.3 Å². The molecule has 1 aliphatic heterocycles. The van der Waals surface area contributed by atoms with Crippen molar-refractivity contribution in [1.29, 1.82) is 0 Å². The van der Waals surface area contributed by atoms with Crippen LogP contribution < -0.4 is 21.1 Å². The fourth-order valence-electron chi connectivity index (χ4n) is 3.37. The van der Waals surface area contributed by atoms with Crippen LogP contribution in [-0.2, 0) is 11.6 Å². The Hall–Kier alpha value is -1.16. The summed E-state index contributed by atoms with van der Waals surface area (Å²) in [6.07, 6.45) is 0.776. The molecule has 8 heteroatoms. The van der Waals surface area contributed by atoms with E-state index < -0.39 is 5.21 Å². The largest absolute Gasteiger partial charge is 0.498 e. The number of H-pyrrole nitrogens is 1. The molecule has 10 radical (unpaired) electrons. The standard InChI is InChI=1S/C14H13B5N2O/c1-21-4-3-6-8(14(18,19)5-21)7-9(15)10(16)13(22-2)11(17)12(7)20-6/h20H,3-5H2,1-2H3. The molecule has 0 unspecified atom stereocenters. The summed E-state index contributed by atoms with van der Waals surface area (Å²) < 4.78 is 5.27. The van der Waals surface area contributed by atoms with Gasteiger partial charge in [-0.05, 0) is 30.0 Å². The maximum absolute atomic E-state index is 6.38. The number of benzene rings is 1. The van der Waals surface area contributed by atoms with Crippen LogP contribution in [0, 0.1) is 0 Å². The van der Waals surface area contributed by atoms with Crippen LogP contribution in [0.15, 0.2) is 0 Å². The highest BCUT2D eigenvalue weighted by Crippen LogP contribution is 2.32. The Bertz CT molecular complexity index is 756. The van der Waals surface area contributed by atoms with Crippen LogP contribution >= 0.6 is 0 Å². The molecule has 1 aromatic carbocycles. The summed E-state index contributed by atoms with van der Waals surface area (Å²) in [4.78, 5) is 5.41. The molecule has 0 amide bonds. The van der Waals surface area contributed by atoms with E-state index >= 15 is 0 Å². The van der Waals surface area contributed by atoms with E-state index in [-0.39, 0.29) is 0 Å². The molecule has 0 saturated heterocycles. The molecule has 1 aromatic heterocycles. The van der Waals surface area contributed by atoms with Gasteiger partial charge in [-0.15, -0.1) is 0 Å². The number of fused-ring (bicyclic) bond motifs is 3. The maximum atomic E-state index is 6.38. The zero-order valence-corrected chi connectivity index (χ0v) is 12.9. The number of aromatic amines is 1. The lowest BCUT2D eigenvalue weighted by atomic mass is 9.50. The molecule has 2 heterocycles. The second-order valence-corrected chi connectivity index (χ2v) is 6.03. The summed E-state index contributed by atoms with van der Waals surface area (Å²) in [7, 11) is 34.7. The third-order valence-corrected chi connectivity index (χ3v) is 4.34. The summed E-state index contributed by atoms with van der Waals surface area (Å²) in [5, 5.41) is -0.341. The first-order valence-corrected chi connectivity index (χ1v) is 7.09. The molecule has 0 spiro atoms. The SMILES string of the molecule is [B]c1c(OC)c([B])c2[nH]c3c(c2c1[B])C([B])([B])CN(C)CC3. The highest BCUT2D eigenvalue weighted by atomic mass is 16.5. The van der Waals surface area contributed by atoms with Gasteiger partial charge in [-0.3, -0.25) is 0 Å². The van der Waals surface area contributed by atoms with Gasteiger partial charge in [0.25, 0.3) is 0 Å². The number of methoxy groups -OCH3 is 1. The molecule has 1 aliphatic rings. The van der Waals surface area contributed by atoms with Crippen LogP contribution in [0.2, 0.25) is 0 Å². The maximum Gasteiger partial charge on any atom is 0.121 e. The number of likely N-dealkylation sites (N-methyl/N-ethyl adjacent to an activating group) is 1. The predicted octanol–water partition coefficient (Wildman–Crippen LogP) is -2.46. The second kappa shape index (κ2) is 5.19. The van der Waals surface area contributed by atoms with Crippen LogP contribution in [0.25, 0.3) is 10.9 Å². The minimum atomic E-state index is -1.04. The van der Waals surface area contributed by atoms with Gasteiger partial charge in [0.2, 0.25) is 0 Å². The third kappa shape index (κ3) is 2.15.